The summed E-state index contributed by atoms with van der Waals surface area (Å²) in [6.07, 6.45) is 0.151. The summed E-state index contributed by atoms with van der Waals surface area (Å²) in [5.74, 6) is -0.199. The Balaban J connectivity index is 0.00000361. The molecule has 0 spiro atoms. The van der Waals surface area contributed by atoms with Crippen LogP contribution in [0.2, 0.25) is 0 Å². The number of aromatic nitrogens is 2. The predicted octanol–water partition coefficient (Wildman–Crippen LogP) is 2.40. The van der Waals surface area contributed by atoms with Gasteiger partial charge in [-0.3, -0.25) is 4.79 Å². The van der Waals surface area contributed by atoms with E-state index in [0.717, 1.165) is 5.56 Å². The maximum absolute atomic E-state index is 15.1. The molecule has 1 fully saturated rings. The number of hydrogen-bond donors (Lipinski definition) is 2. The number of amides is 1. The topological polar surface area (TPSA) is 144 Å². The lowest BCUT2D eigenvalue weighted by molar-refractivity contribution is -0.131. The van der Waals surface area contributed by atoms with Crippen LogP contribution in [0.25, 0.3) is 10.9 Å². The lowest BCUT2D eigenvalue weighted by Gasteiger charge is -2.35. The molecule has 1 aromatic heterocycles. The fraction of sp³-hybridized carbons (Fsp3) is 0.333. The van der Waals surface area contributed by atoms with Gasteiger partial charge in [0, 0.05) is 44.0 Å². The van der Waals surface area contributed by atoms with E-state index in [9.17, 15) is 4.79 Å². The molecular formula is C24H27ClFN7O3. The summed E-state index contributed by atoms with van der Waals surface area (Å²) in [5, 5.41) is 9.25. The van der Waals surface area contributed by atoms with Crippen LogP contribution in [0.3, 0.4) is 0 Å². The summed E-state index contributed by atoms with van der Waals surface area (Å²) >= 11 is 0. The van der Waals surface area contributed by atoms with Gasteiger partial charge in [-0.25, -0.2) is 9.37 Å². The number of benzene rings is 2. The molecule has 12 heteroatoms. The molecule has 1 saturated heterocycles. The van der Waals surface area contributed by atoms with Crippen molar-refractivity contribution in [3.05, 3.63) is 47.3 Å². The molecule has 1 amide bonds. The van der Waals surface area contributed by atoms with Crippen molar-refractivity contribution in [1.29, 1.82) is 5.26 Å². The predicted molar refractivity (Wildman–Crippen MR) is 136 cm³/mol. The highest BCUT2D eigenvalue weighted by Gasteiger charge is 2.26. The van der Waals surface area contributed by atoms with E-state index in [-0.39, 0.29) is 53.5 Å². The van der Waals surface area contributed by atoms with E-state index in [2.05, 4.69) is 16.0 Å². The van der Waals surface area contributed by atoms with E-state index in [0.29, 0.717) is 37.1 Å². The Morgan fingerprint density at radius 2 is 1.83 bits per heavy atom. The summed E-state index contributed by atoms with van der Waals surface area (Å²) < 4.78 is 25.4. The number of hydrogen-bond acceptors (Lipinski definition) is 9. The number of nitriles is 1. The quantitative estimate of drug-likeness (QED) is 0.505. The summed E-state index contributed by atoms with van der Waals surface area (Å²) in [6.45, 7) is 1.79. The first-order chi connectivity index (χ1) is 16.9. The number of nitrogen functional groups attached to an aromatic ring is 1. The van der Waals surface area contributed by atoms with Gasteiger partial charge in [-0.1, -0.05) is 12.1 Å². The van der Waals surface area contributed by atoms with Gasteiger partial charge >= 0.3 is 0 Å². The number of ether oxygens (including phenoxy) is 2. The van der Waals surface area contributed by atoms with Crippen molar-refractivity contribution >= 4 is 41.0 Å². The van der Waals surface area contributed by atoms with Gasteiger partial charge in [0.2, 0.25) is 11.9 Å². The lowest BCUT2D eigenvalue weighted by atomic mass is 10.0. The van der Waals surface area contributed by atoms with Crippen LogP contribution in [-0.2, 0) is 4.79 Å². The van der Waals surface area contributed by atoms with Crippen molar-refractivity contribution in [3.8, 4) is 17.6 Å². The number of anilines is 2. The van der Waals surface area contributed by atoms with Gasteiger partial charge < -0.3 is 30.7 Å². The van der Waals surface area contributed by atoms with Crippen molar-refractivity contribution in [2.45, 2.75) is 12.5 Å². The molecule has 36 heavy (non-hydrogen) atoms. The summed E-state index contributed by atoms with van der Waals surface area (Å²) in [7, 11) is 2.76. The molecule has 0 saturated carbocycles. The third-order valence-corrected chi connectivity index (χ3v) is 6.07. The summed E-state index contributed by atoms with van der Waals surface area (Å²) in [4.78, 5) is 25.1. The van der Waals surface area contributed by atoms with Crippen molar-refractivity contribution in [3.63, 3.8) is 0 Å². The Hall–Kier alpha value is -3.88. The van der Waals surface area contributed by atoms with Crippen LogP contribution in [-0.4, -0.2) is 61.2 Å². The lowest BCUT2D eigenvalue weighted by Crippen LogP contribution is -2.49. The SMILES string of the molecule is COc1cc2c(N)nc(N3CCN(C(=O)C[C@@H](N)c4ccc(C#N)cc4)CC3)nc2c(F)c1OC.Cl. The summed E-state index contributed by atoms with van der Waals surface area (Å²) in [5.41, 5.74) is 13.7. The van der Waals surface area contributed by atoms with E-state index >= 15 is 4.39 Å². The van der Waals surface area contributed by atoms with Gasteiger partial charge in [-0.15, -0.1) is 12.4 Å². The van der Waals surface area contributed by atoms with Gasteiger partial charge in [0.25, 0.3) is 0 Å². The molecule has 4 rings (SSSR count). The van der Waals surface area contributed by atoms with Crippen LogP contribution in [0.1, 0.15) is 23.6 Å². The number of nitrogens with zero attached hydrogens (tertiary/aromatic N) is 5. The Labute approximate surface area is 214 Å². The third-order valence-electron chi connectivity index (χ3n) is 6.07. The Kier molecular flexibility index (Phi) is 8.34. The minimum atomic E-state index is -0.678. The third kappa shape index (κ3) is 5.19. The fourth-order valence-electron chi connectivity index (χ4n) is 4.08. The standard InChI is InChI=1S/C24H26FN7O3.ClH/c1-34-18-11-16-21(20(25)22(18)35-2)29-24(30-23(16)28)32-9-7-31(8-10-32)19(33)12-17(27)15-5-3-14(13-26)4-6-15;/h3-6,11,17H,7-10,12,27H2,1-2H3,(H2,28,29,30);1H/t17-;/m1./s1. The number of nitrogens with two attached hydrogens (primary N) is 2. The zero-order valence-corrected chi connectivity index (χ0v) is 20.7. The van der Waals surface area contributed by atoms with Gasteiger partial charge in [-0.05, 0) is 23.8 Å². The molecule has 10 nitrogen and oxygen atoms in total. The van der Waals surface area contributed by atoms with Crippen molar-refractivity contribution in [2.24, 2.45) is 5.73 Å². The van der Waals surface area contributed by atoms with Crippen LogP contribution >= 0.6 is 12.4 Å². The average molecular weight is 516 g/mol. The van der Waals surface area contributed by atoms with Crippen LogP contribution < -0.4 is 25.8 Å². The van der Waals surface area contributed by atoms with E-state index < -0.39 is 11.9 Å². The highest BCUT2D eigenvalue weighted by atomic mass is 35.5. The van der Waals surface area contributed by atoms with Crippen molar-refractivity contribution < 1.29 is 18.7 Å². The molecule has 0 radical (unpaired) electrons. The highest BCUT2D eigenvalue weighted by molar-refractivity contribution is 5.92. The number of fused-ring (bicyclic) bond motifs is 1. The Bertz CT molecular complexity index is 1290. The number of methoxy groups -OCH3 is 2. The first-order valence-corrected chi connectivity index (χ1v) is 11.0. The first-order valence-electron chi connectivity index (χ1n) is 11.0. The van der Waals surface area contributed by atoms with Gasteiger partial charge in [0.05, 0.1) is 25.9 Å². The largest absolute Gasteiger partial charge is 0.493 e. The maximum Gasteiger partial charge on any atom is 0.228 e. The maximum atomic E-state index is 15.1. The second-order valence-corrected chi connectivity index (χ2v) is 8.14. The van der Waals surface area contributed by atoms with E-state index in [1.807, 2.05) is 4.90 Å². The van der Waals surface area contributed by atoms with Gasteiger partial charge in [0.1, 0.15) is 11.3 Å². The molecule has 4 N–H and O–H groups in total. The number of carbonyl (C=O) groups is 1. The minimum Gasteiger partial charge on any atom is -0.493 e. The van der Waals surface area contributed by atoms with Crippen LogP contribution in [0.15, 0.2) is 30.3 Å². The fourth-order valence-corrected chi connectivity index (χ4v) is 4.08. The second kappa shape index (κ2) is 11.2. The summed E-state index contributed by atoms with van der Waals surface area (Å²) in [6, 6.07) is 10.0. The molecule has 1 atom stereocenters. The number of piperazine rings is 1. The second-order valence-electron chi connectivity index (χ2n) is 8.14. The van der Waals surface area contributed by atoms with E-state index in [4.69, 9.17) is 26.2 Å². The van der Waals surface area contributed by atoms with E-state index in [1.165, 1.54) is 14.2 Å². The first kappa shape index (κ1) is 26.7. The zero-order valence-electron chi connectivity index (χ0n) is 19.9. The molecule has 0 aliphatic carbocycles. The monoisotopic (exact) mass is 515 g/mol. The molecule has 1 aliphatic rings. The smallest absolute Gasteiger partial charge is 0.228 e. The van der Waals surface area contributed by atoms with Crippen molar-refractivity contribution in [2.75, 3.05) is 51.0 Å². The minimum absolute atomic E-state index is 0. The molecule has 2 heterocycles. The van der Waals surface area contributed by atoms with Crippen LogP contribution in [0.5, 0.6) is 11.5 Å². The molecular weight excluding hydrogens is 489 g/mol. The Morgan fingerprint density at radius 3 is 2.42 bits per heavy atom. The highest BCUT2D eigenvalue weighted by Crippen LogP contribution is 2.37. The molecule has 190 valence electrons. The van der Waals surface area contributed by atoms with Crippen molar-refractivity contribution in [1.82, 2.24) is 14.9 Å². The van der Waals surface area contributed by atoms with Crippen LogP contribution in [0.4, 0.5) is 16.2 Å². The van der Waals surface area contributed by atoms with Gasteiger partial charge in [-0.2, -0.15) is 10.2 Å². The molecule has 0 unspecified atom stereocenters. The van der Waals surface area contributed by atoms with Crippen LogP contribution in [0, 0.1) is 17.1 Å². The van der Waals surface area contributed by atoms with E-state index in [1.54, 1.807) is 35.2 Å². The molecule has 1 aliphatic heterocycles. The molecule has 2 aromatic carbocycles. The Morgan fingerprint density at radius 1 is 1.17 bits per heavy atom. The molecule has 3 aromatic rings. The molecule has 0 bridgehead atoms. The van der Waals surface area contributed by atoms with Gasteiger partial charge in [0.15, 0.2) is 17.3 Å². The number of rotatable bonds is 6. The normalized spacial score (nSPS) is 14.1. The number of halogens is 2. The average Bonchev–Trinajstić information content (AvgIpc) is 2.88. The zero-order chi connectivity index (χ0) is 25.1. The number of carbonyl (C=O) groups excluding carboxylic acids is 1.